The van der Waals surface area contributed by atoms with Crippen LogP contribution in [0.4, 0.5) is 11.8 Å². The van der Waals surface area contributed by atoms with Gasteiger partial charge in [-0.2, -0.15) is 4.98 Å². The number of hydrogen-bond acceptors (Lipinski definition) is 4. The molecule has 0 aliphatic carbocycles. The monoisotopic (exact) mass is 250 g/mol. The van der Waals surface area contributed by atoms with E-state index in [1.165, 1.54) is 6.42 Å². The number of nitrogens with zero attached hydrogens (tertiary/aromatic N) is 2. The smallest absolute Gasteiger partial charge is 0.224 e. The molecule has 0 bridgehead atoms. The molecule has 2 atom stereocenters. The van der Waals surface area contributed by atoms with Gasteiger partial charge in [0.15, 0.2) is 0 Å². The van der Waals surface area contributed by atoms with Crippen molar-refractivity contribution in [3.05, 3.63) is 11.8 Å². The minimum atomic E-state index is 0.419. The number of hydrogen-bond donors (Lipinski definition) is 2. The van der Waals surface area contributed by atoms with Gasteiger partial charge < -0.3 is 10.6 Å². The zero-order valence-electron chi connectivity index (χ0n) is 12.2. The predicted octanol–water partition coefficient (Wildman–Crippen LogP) is 3.45. The summed E-state index contributed by atoms with van der Waals surface area (Å²) in [5.41, 5.74) is 1.09. The number of nitrogens with one attached hydrogen (secondary N) is 2. The molecule has 0 aromatic carbocycles. The van der Waals surface area contributed by atoms with Gasteiger partial charge in [-0.1, -0.05) is 27.2 Å². The fourth-order valence-electron chi connectivity index (χ4n) is 1.62. The van der Waals surface area contributed by atoms with E-state index in [0.29, 0.717) is 17.9 Å². The quantitative estimate of drug-likeness (QED) is 0.778. The van der Waals surface area contributed by atoms with Gasteiger partial charge in [-0.05, 0) is 26.2 Å². The topological polar surface area (TPSA) is 49.8 Å². The second-order valence-electron chi connectivity index (χ2n) is 4.97. The standard InChI is InChI=1S/C14H26N4/c1-6-8-15-14-16-9-11(4)13(18-14)17-12(5)10(3)7-2/h9-10,12H,6-8H2,1-5H3,(H2,15,16,17,18). The van der Waals surface area contributed by atoms with E-state index in [9.17, 15) is 0 Å². The van der Waals surface area contributed by atoms with Crippen LogP contribution in [0.25, 0.3) is 0 Å². The number of anilines is 2. The number of rotatable bonds is 7. The summed E-state index contributed by atoms with van der Waals surface area (Å²) in [7, 11) is 0. The minimum absolute atomic E-state index is 0.419. The zero-order valence-corrected chi connectivity index (χ0v) is 12.2. The maximum absolute atomic E-state index is 4.53. The van der Waals surface area contributed by atoms with Crippen molar-refractivity contribution >= 4 is 11.8 Å². The van der Waals surface area contributed by atoms with Crippen molar-refractivity contribution < 1.29 is 0 Å². The van der Waals surface area contributed by atoms with Crippen molar-refractivity contribution in [1.29, 1.82) is 0 Å². The molecule has 2 unspecified atom stereocenters. The van der Waals surface area contributed by atoms with E-state index in [0.717, 1.165) is 24.3 Å². The lowest BCUT2D eigenvalue weighted by atomic mass is 10.0. The van der Waals surface area contributed by atoms with E-state index >= 15 is 0 Å². The van der Waals surface area contributed by atoms with Crippen LogP contribution in [-0.2, 0) is 0 Å². The van der Waals surface area contributed by atoms with Crippen LogP contribution in [0, 0.1) is 12.8 Å². The Kier molecular flexibility index (Phi) is 5.89. The molecule has 1 aromatic heterocycles. The van der Waals surface area contributed by atoms with E-state index in [2.05, 4.69) is 48.3 Å². The molecule has 1 aromatic rings. The molecule has 18 heavy (non-hydrogen) atoms. The molecule has 0 saturated heterocycles. The van der Waals surface area contributed by atoms with Crippen molar-refractivity contribution in [2.24, 2.45) is 5.92 Å². The Hall–Kier alpha value is -1.32. The average molecular weight is 250 g/mol. The van der Waals surface area contributed by atoms with Gasteiger partial charge in [-0.15, -0.1) is 0 Å². The Morgan fingerprint density at radius 1 is 1.28 bits per heavy atom. The second kappa shape index (κ2) is 7.19. The van der Waals surface area contributed by atoms with Crippen LogP contribution in [0.2, 0.25) is 0 Å². The molecule has 1 heterocycles. The highest BCUT2D eigenvalue weighted by Crippen LogP contribution is 2.17. The van der Waals surface area contributed by atoms with Crippen molar-refractivity contribution in [3.8, 4) is 0 Å². The molecule has 102 valence electrons. The summed E-state index contributed by atoms with van der Waals surface area (Å²) in [6, 6.07) is 0.419. The van der Waals surface area contributed by atoms with E-state index in [1.54, 1.807) is 0 Å². The Labute approximate surface area is 111 Å². The van der Waals surface area contributed by atoms with Gasteiger partial charge in [0.25, 0.3) is 0 Å². The highest BCUT2D eigenvalue weighted by molar-refractivity contribution is 5.47. The molecular formula is C14H26N4. The van der Waals surface area contributed by atoms with Gasteiger partial charge in [0.2, 0.25) is 5.95 Å². The largest absolute Gasteiger partial charge is 0.367 e. The van der Waals surface area contributed by atoms with Crippen molar-refractivity contribution in [1.82, 2.24) is 9.97 Å². The third-order valence-electron chi connectivity index (χ3n) is 3.37. The Bertz CT molecular complexity index is 365. The first kappa shape index (κ1) is 14.7. The molecular weight excluding hydrogens is 224 g/mol. The van der Waals surface area contributed by atoms with Gasteiger partial charge in [0.05, 0.1) is 0 Å². The van der Waals surface area contributed by atoms with Crippen LogP contribution < -0.4 is 10.6 Å². The van der Waals surface area contributed by atoms with Crippen molar-refractivity contribution in [3.63, 3.8) is 0 Å². The minimum Gasteiger partial charge on any atom is -0.367 e. The number of aryl methyl sites for hydroxylation is 1. The molecule has 4 heteroatoms. The summed E-state index contributed by atoms with van der Waals surface area (Å²) < 4.78 is 0. The summed E-state index contributed by atoms with van der Waals surface area (Å²) >= 11 is 0. The molecule has 1 rings (SSSR count). The predicted molar refractivity (Wildman–Crippen MR) is 78.1 cm³/mol. The van der Waals surface area contributed by atoms with Crippen LogP contribution in [0.3, 0.4) is 0 Å². The Morgan fingerprint density at radius 2 is 2.00 bits per heavy atom. The van der Waals surface area contributed by atoms with Gasteiger partial charge in [0.1, 0.15) is 5.82 Å². The second-order valence-corrected chi connectivity index (χ2v) is 4.97. The summed E-state index contributed by atoms with van der Waals surface area (Å²) in [4.78, 5) is 8.82. The van der Waals surface area contributed by atoms with Crippen LogP contribution >= 0.6 is 0 Å². The molecule has 4 nitrogen and oxygen atoms in total. The molecule has 0 aliphatic rings. The molecule has 0 radical (unpaired) electrons. The van der Waals surface area contributed by atoms with Gasteiger partial charge in [-0.25, -0.2) is 4.98 Å². The highest BCUT2D eigenvalue weighted by Gasteiger charge is 2.12. The summed E-state index contributed by atoms with van der Waals surface area (Å²) in [5, 5.41) is 6.70. The van der Waals surface area contributed by atoms with E-state index < -0.39 is 0 Å². The molecule has 0 amide bonds. The average Bonchev–Trinajstić information content (AvgIpc) is 2.38. The third kappa shape index (κ3) is 4.17. The van der Waals surface area contributed by atoms with E-state index in [4.69, 9.17) is 0 Å². The Morgan fingerprint density at radius 3 is 2.61 bits per heavy atom. The van der Waals surface area contributed by atoms with E-state index in [1.807, 2.05) is 13.1 Å². The zero-order chi connectivity index (χ0) is 13.5. The summed E-state index contributed by atoms with van der Waals surface area (Å²) in [5.74, 6) is 2.28. The molecule has 0 fully saturated rings. The fourth-order valence-corrected chi connectivity index (χ4v) is 1.62. The molecule has 2 N–H and O–H groups in total. The molecule has 0 saturated carbocycles. The van der Waals surface area contributed by atoms with Gasteiger partial charge in [0, 0.05) is 24.3 Å². The lowest BCUT2D eigenvalue weighted by Crippen LogP contribution is -2.24. The molecule has 0 aliphatic heterocycles. The fraction of sp³-hybridized carbons (Fsp3) is 0.714. The SMILES string of the molecule is CCCNc1ncc(C)c(NC(C)C(C)CC)n1. The van der Waals surface area contributed by atoms with Crippen molar-refractivity contribution in [2.75, 3.05) is 17.2 Å². The van der Waals surface area contributed by atoms with Crippen LogP contribution in [0.15, 0.2) is 6.20 Å². The normalized spacial score (nSPS) is 14.1. The maximum Gasteiger partial charge on any atom is 0.224 e. The van der Waals surface area contributed by atoms with Gasteiger partial charge >= 0.3 is 0 Å². The lowest BCUT2D eigenvalue weighted by molar-refractivity contribution is 0.493. The van der Waals surface area contributed by atoms with Crippen LogP contribution in [0.1, 0.15) is 46.1 Å². The Balaban J connectivity index is 2.74. The van der Waals surface area contributed by atoms with Crippen molar-refractivity contribution in [2.45, 2.75) is 53.5 Å². The highest BCUT2D eigenvalue weighted by atomic mass is 15.1. The first-order chi connectivity index (χ1) is 8.58. The summed E-state index contributed by atoms with van der Waals surface area (Å²) in [6.07, 6.45) is 4.11. The van der Waals surface area contributed by atoms with Gasteiger partial charge in [-0.3, -0.25) is 0 Å². The maximum atomic E-state index is 4.53. The summed E-state index contributed by atoms with van der Waals surface area (Å²) in [6.45, 7) is 11.7. The number of aromatic nitrogens is 2. The third-order valence-corrected chi connectivity index (χ3v) is 3.37. The van der Waals surface area contributed by atoms with E-state index in [-0.39, 0.29) is 0 Å². The molecule has 0 spiro atoms. The van der Waals surface area contributed by atoms with Crippen LogP contribution in [-0.4, -0.2) is 22.6 Å². The first-order valence-corrected chi connectivity index (χ1v) is 6.92. The van der Waals surface area contributed by atoms with Crippen LogP contribution in [0.5, 0.6) is 0 Å². The first-order valence-electron chi connectivity index (χ1n) is 6.92. The lowest BCUT2D eigenvalue weighted by Gasteiger charge is -2.21.